The summed E-state index contributed by atoms with van der Waals surface area (Å²) < 4.78 is 20.1. The Labute approximate surface area is 300 Å². The minimum absolute atomic E-state index is 0. The maximum absolute atomic E-state index is 14.4. The van der Waals surface area contributed by atoms with E-state index in [9.17, 15) is 18.8 Å². The molecule has 1 aliphatic rings. The molecule has 5 rings (SSSR count). The molecule has 0 spiro atoms. The lowest BCUT2D eigenvalue weighted by atomic mass is 9.88. The number of para-hydroxylation sites is 2. The van der Waals surface area contributed by atoms with Crippen molar-refractivity contribution in [2.75, 3.05) is 37.6 Å². The summed E-state index contributed by atoms with van der Waals surface area (Å²) in [6.45, 7) is 11.2. The van der Waals surface area contributed by atoms with Gasteiger partial charge in [-0.25, -0.2) is 19.0 Å². The van der Waals surface area contributed by atoms with E-state index in [-0.39, 0.29) is 19.2 Å². The Bertz CT molecular complexity index is 1810. The monoisotopic (exact) mass is 704 g/mol. The van der Waals surface area contributed by atoms with Gasteiger partial charge in [0.05, 0.1) is 17.1 Å². The largest absolute Gasteiger partial charge is 0.458 e. The molecule has 2 aromatic heterocycles. The van der Waals surface area contributed by atoms with Gasteiger partial charge in [0.15, 0.2) is 0 Å². The number of fused-ring (bicyclic) bond motifs is 1. The normalized spacial score (nSPS) is 15.0. The second-order valence-corrected chi connectivity index (χ2v) is 14.6. The summed E-state index contributed by atoms with van der Waals surface area (Å²) in [7, 11) is 0. The maximum Gasteiger partial charge on any atom is 0.329 e. The number of hydrogen-bond acceptors (Lipinski definition) is 7. The number of esters is 1. The first-order valence-electron chi connectivity index (χ1n) is 17.7. The predicted octanol–water partition coefficient (Wildman–Crippen LogP) is 5.32. The van der Waals surface area contributed by atoms with E-state index in [4.69, 9.17) is 10.5 Å². The molecule has 1 fully saturated rings. The SMILES string of the molecule is CC(C)(C)OC(=O)[C@@H](CCCCN)NC(=O)C(C)(C)c1cnc([C@@H](Cc2c[nH]c3ccccc23)NC(=O)N2CCN(c3ccccc3F)CC2)[nH]1.[HH]. The quantitative estimate of drug-likeness (QED) is 0.0929. The zero-order valence-electron chi connectivity index (χ0n) is 30.2. The average Bonchev–Trinajstić information content (AvgIpc) is 3.76. The summed E-state index contributed by atoms with van der Waals surface area (Å²) in [6.07, 6.45) is 5.73. The molecule has 12 nitrogen and oxygen atoms in total. The van der Waals surface area contributed by atoms with Gasteiger partial charge in [-0.05, 0) is 84.2 Å². The Hall–Kier alpha value is -4.91. The number of piperazine rings is 1. The van der Waals surface area contributed by atoms with E-state index in [0.29, 0.717) is 75.6 Å². The third kappa shape index (κ3) is 9.26. The highest BCUT2D eigenvalue weighted by atomic mass is 19.1. The van der Waals surface area contributed by atoms with Crippen LogP contribution < -0.4 is 21.3 Å². The molecule has 0 bridgehead atoms. The van der Waals surface area contributed by atoms with Crippen LogP contribution in [0.3, 0.4) is 0 Å². The highest BCUT2D eigenvalue weighted by Gasteiger charge is 2.37. The summed E-state index contributed by atoms with van der Waals surface area (Å²) >= 11 is 0. The third-order valence-corrected chi connectivity index (χ3v) is 9.27. The Balaban J connectivity index is 0.00000605. The van der Waals surface area contributed by atoms with Crippen LogP contribution in [0.5, 0.6) is 0 Å². The number of amides is 3. The highest BCUT2D eigenvalue weighted by molar-refractivity contribution is 5.91. The van der Waals surface area contributed by atoms with E-state index in [2.05, 4.69) is 25.6 Å². The maximum atomic E-state index is 14.4. The molecule has 0 aliphatic carbocycles. The number of urea groups is 1. The molecule has 4 aromatic rings. The van der Waals surface area contributed by atoms with Crippen molar-refractivity contribution in [2.45, 2.75) is 83.4 Å². The van der Waals surface area contributed by atoms with Crippen molar-refractivity contribution in [3.8, 4) is 0 Å². The molecule has 13 heteroatoms. The molecule has 2 atom stereocenters. The number of rotatable bonds is 13. The number of aromatic nitrogens is 3. The first kappa shape index (κ1) is 37.3. The second kappa shape index (κ2) is 16.0. The van der Waals surface area contributed by atoms with Gasteiger partial charge >= 0.3 is 12.0 Å². The van der Waals surface area contributed by atoms with E-state index in [0.717, 1.165) is 16.5 Å². The van der Waals surface area contributed by atoms with Gasteiger partial charge in [-0.1, -0.05) is 30.3 Å². The summed E-state index contributed by atoms with van der Waals surface area (Å²) in [5.74, 6) is -0.663. The number of aromatic amines is 2. The summed E-state index contributed by atoms with van der Waals surface area (Å²) in [6, 6.07) is 12.9. The van der Waals surface area contributed by atoms with Gasteiger partial charge in [0, 0.05) is 63.0 Å². The molecule has 1 aliphatic heterocycles. The Kier molecular flexibility index (Phi) is 11.7. The van der Waals surface area contributed by atoms with Gasteiger partial charge in [-0.2, -0.15) is 0 Å². The molecule has 276 valence electrons. The zero-order valence-corrected chi connectivity index (χ0v) is 30.2. The second-order valence-electron chi connectivity index (χ2n) is 14.6. The number of nitrogens with zero attached hydrogens (tertiary/aromatic N) is 3. The molecule has 3 amide bonds. The molecular weight excluding hydrogens is 651 g/mol. The van der Waals surface area contributed by atoms with E-state index in [1.807, 2.05) is 35.4 Å². The van der Waals surface area contributed by atoms with E-state index in [1.165, 1.54) is 6.07 Å². The fraction of sp³-hybridized carbons (Fsp3) is 0.474. The topological polar surface area (TPSA) is 161 Å². The van der Waals surface area contributed by atoms with Gasteiger partial charge in [0.25, 0.3) is 0 Å². The number of carbonyl (C=O) groups is 3. The molecule has 1 saturated heterocycles. The van der Waals surface area contributed by atoms with Crippen LogP contribution in [0.25, 0.3) is 10.9 Å². The fourth-order valence-electron chi connectivity index (χ4n) is 6.24. The van der Waals surface area contributed by atoms with Crippen molar-refractivity contribution >= 4 is 34.5 Å². The van der Waals surface area contributed by atoms with E-state index in [1.54, 1.807) is 63.9 Å². The first-order chi connectivity index (χ1) is 24.3. The highest BCUT2D eigenvalue weighted by Crippen LogP contribution is 2.28. The molecule has 6 N–H and O–H groups in total. The molecule has 3 heterocycles. The number of carbonyl (C=O) groups excluding carboxylic acids is 3. The van der Waals surface area contributed by atoms with Crippen LogP contribution in [-0.4, -0.2) is 82.1 Å². The van der Waals surface area contributed by atoms with Crippen LogP contribution in [0.1, 0.15) is 78.4 Å². The van der Waals surface area contributed by atoms with E-state index >= 15 is 0 Å². The predicted molar refractivity (Wildman–Crippen MR) is 198 cm³/mol. The summed E-state index contributed by atoms with van der Waals surface area (Å²) in [5.41, 5.74) is 6.88. The summed E-state index contributed by atoms with van der Waals surface area (Å²) in [4.78, 5) is 55.6. The number of halogens is 1. The number of ether oxygens (including phenoxy) is 1. The number of benzene rings is 2. The molecule has 0 unspecified atom stereocenters. The number of H-pyrrole nitrogens is 2. The first-order valence-corrected chi connectivity index (χ1v) is 17.7. The van der Waals surface area contributed by atoms with Crippen molar-refractivity contribution in [3.05, 3.63) is 83.8 Å². The van der Waals surface area contributed by atoms with Crippen LogP contribution in [-0.2, 0) is 26.2 Å². The smallest absolute Gasteiger partial charge is 0.329 e. The van der Waals surface area contributed by atoms with Gasteiger partial charge in [-0.3, -0.25) is 4.79 Å². The number of anilines is 1. The number of nitrogens with one attached hydrogen (secondary N) is 4. The van der Waals surface area contributed by atoms with Crippen molar-refractivity contribution in [3.63, 3.8) is 0 Å². The van der Waals surface area contributed by atoms with Crippen LogP contribution >= 0.6 is 0 Å². The molecular formula is C38H53FN8O4. The van der Waals surface area contributed by atoms with Crippen molar-refractivity contribution in [2.24, 2.45) is 5.73 Å². The van der Waals surface area contributed by atoms with Gasteiger partial charge in [0.1, 0.15) is 23.3 Å². The lowest BCUT2D eigenvalue weighted by molar-refractivity contribution is -0.159. The lowest BCUT2D eigenvalue weighted by Gasteiger charge is -2.36. The average molecular weight is 705 g/mol. The molecule has 2 aromatic carbocycles. The Morgan fingerprint density at radius 2 is 1.71 bits per heavy atom. The Morgan fingerprint density at radius 3 is 2.41 bits per heavy atom. The Morgan fingerprint density at radius 1 is 1.00 bits per heavy atom. The molecule has 0 saturated carbocycles. The number of imidazole rings is 1. The zero-order chi connectivity index (χ0) is 36.8. The van der Waals surface area contributed by atoms with Gasteiger partial charge in [-0.15, -0.1) is 0 Å². The van der Waals surface area contributed by atoms with Gasteiger partial charge < -0.3 is 40.9 Å². The van der Waals surface area contributed by atoms with Crippen molar-refractivity contribution in [1.82, 2.24) is 30.5 Å². The van der Waals surface area contributed by atoms with Crippen LogP contribution in [0.4, 0.5) is 14.9 Å². The minimum Gasteiger partial charge on any atom is -0.458 e. The van der Waals surface area contributed by atoms with Crippen LogP contribution in [0.15, 0.2) is 60.9 Å². The van der Waals surface area contributed by atoms with Crippen LogP contribution in [0, 0.1) is 5.82 Å². The van der Waals surface area contributed by atoms with E-state index < -0.39 is 29.1 Å². The molecule has 51 heavy (non-hydrogen) atoms. The third-order valence-electron chi connectivity index (χ3n) is 9.27. The van der Waals surface area contributed by atoms with Crippen LogP contribution in [0.2, 0.25) is 0 Å². The van der Waals surface area contributed by atoms with Crippen molar-refractivity contribution < 1.29 is 24.9 Å². The number of nitrogens with two attached hydrogens (primary N) is 1. The van der Waals surface area contributed by atoms with Gasteiger partial charge in [0.2, 0.25) is 5.91 Å². The lowest BCUT2D eigenvalue weighted by Crippen LogP contribution is -2.52. The number of hydrogen-bond donors (Lipinski definition) is 5. The van der Waals surface area contributed by atoms with Crippen molar-refractivity contribution in [1.29, 1.82) is 0 Å². The number of unbranched alkanes of at least 4 members (excludes halogenated alkanes) is 1. The standard InChI is InChI=1S/C38H51FN8O4.H2/c1-37(2,3)51-34(48)29(15-10-11-17-40)43-35(49)38(4,5)32-24-42-33(45-32)30(22-25-23-41-28-14-8-6-12-26(25)28)44-36(50)47-20-18-46(19-21-47)31-16-9-7-13-27(31)39;/h6-9,12-14,16,23-24,29-30,41H,10-11,15,17-22,40H2,1-5H3,(H,42,45)(H,43,49)(H,44,50);1H/t29-,30-;/m1./s1. The summed E-state index contributed by atoms with van der Waals surface area (Å²) in [5, 5.41) is 7.13. The minimum atomic E-state index is -1.11. The fourth-order valence-corrected chi connectivity index (χ4v) is 6.24. The molecule has 0 radical (unpaired) electrons.